The molecular weight excluding hydrogens is 232 g/mol. The molecule has 0 saturated carbocycles. The minimum absolute atomic E-state index is 0.218. The Kier molecular flexibility index (Phi) is 3.47. The number of rotatable bonds is 3. The van der Waals surface area contributed by atoms with E-state index in [0.29, 0.717) is 6.42 Å². The molecule has 0 radical (unpaired) electrons. The molecule has 1 aromatic rings. The van der Waals surface area contributed by atoms with Gasteiger partial charge in [0.25, 0.3) is 0 Å². The topological polar surface area (TPSA) is 78.7 Å². The van der Waals surface area contributed by atoms with Crippen molar-refractivity contribution in [1.82, 2.24) is 15.2 Å². The number of hydrogen-bond donors (Lipinski definition) is 2. The van der Waals surface area contributed by atoms with Gasteiger partial charge in [0, 0.05) is 0 Å². The molecule has 4 amide bonds. The molecule has 0 aromatic heterocycles. The second-order valence-electron chi connectivity index (χ2n) is 4.14. The van der Waals surface area contributed by atoms with Gasteiger partial charge in [-0.2, -0.15) is 0 Å². The van der Waals surface area contributed by atoms with Gasteiger partial charge >= 0.3 is 12.1 Å². The van der Waals surface area contributed by atoms with Crippen LogP contribution in [0.2, 0.25) is 0 Å². The van der Waals surface area contributed by atoms with E-state index in [1.165, 1.54) is 0 Å². The van der Waals surface area contributed by atoms with E-state index in [9.17, 15) is 9.59 Å². The molecule has 1 atom stereocenters. The van der Waals surface area contributed by atoms with Crippen LogP contribution in [0.25, 0.3) is 0 Å². The highest BCUT2D eigenvalue weighted by Gasteiger charge is 2.35. The summed E-state index contributed by atoms with van der Waals surface area (Å²) in [6, 6.07) is 8.42. The Balaban J connectivity index is 2.14. The molecule has 1 aliphatic rings. The van der Waals surface area contributed by atoms with Gasteiger partial charge in [-0.3, -0.25) is 0 Å². The highest BCUT2D eigenvalue weighted by atomic mass is 16.2. The van der Waals surface area contributed by atoms with Gasteiger partial charge in [0.15, 0.2) is 0 Å². The van der Waals surface area contributed by atoms with Crippen LogP contribution < -0.4 is 11.2 Å². The number of benzene rings is 1. The van der Waals surface area contributed by atoms with Crippen LogP contribution in [0, 0.1) is 0 Å². The monoisotopic (exact) mass is 248 g/mol. The average Bonchev–Trinajstić information content (AvgIpc) is 2.40. The lowest BCUT2D eigenvalue weighted by Crippen LogP contribution is -2.66. The van der Waals surface area contributed by atoms with Gasteiger partial charge in [-0.15, -0.1) is 0 Å². The molecule has 6 nitrogen and oxygen atoms in total. The van der Waals surface area contributed by atoms with E-state index >= 15 is 0 Å². The van der Waals surface area contributed by atoms with Gasteiger partial charge in [-0.1, -0.05) is 37.3 Å². The second kappa shape index (κ2) is 5.05. The first-order valence-corrected chi connectivity index (χ1v) is 5.83. The first kappa shape index (κ1) is 12.4. The largest absolute Gasteiger partial charge is 0.344 e. The maximum atomic E-state index is 12.0. The molecule has 3 N–H and O–H groups in total. The van der Waals surface area contributed by atoms with E-state index in [-0.39, 0.29) is 6.54 Å². The molecule has 2 rings (SSSR count). The Morgan fingerprint density at radius 3 is 2.56 bits per heavy atom. The SMILES string of the molecule is CCC1NC(=O)N(Cc2ccccc2)C(=O)N1N. The summed E-state index contributed by atoms with van der Waals surface area (Å²) in [5.74, 6) is 5.67. The summed E-state index contributed by atoms with van der Waals surface area (Å²) >= 11 is 0. The van der Waals surface area contributed by atoms with Crippen molar-refractivity contribution in [1.29, 1.82) is 0 Å². The second-order valence-corrected chi connectivity index (χ2v) is 4.14. The highest BCUT2D eigenvalue weighted by molar-refractivity contribution is 5.95. The van der Waals surface area contributed by atoms with Crippen LogP contribution in [-0.2, 0) is 6.54 Å². The van der Waals surface area contributed by atoms with Crippen LogP contribution in [0.4, 0.5) is 9.59 Å². The maximum Gasteiger partial charge on any atom is 0.344 e. The fraction of sp³-hybridized carbons (Fsp3) is 0.333. The summed E-state index contributed by atoms with van der Waals surface area (Å²) in [4.78, 5) is 24.9. The van der Waals surface area contributed by atoms with Gasteiger partial charge in [-0.25, -0.2) is 25.3 Å². The quantitative estimate of drug-likeness (QED) is 0.624. The lowest BCUT2D eigenvalue weighted by molar-refractivity contribution is 0.0986. The summed E-state index contributed by atoms with van der Waals surface area (Å²) in [6.45, 7) is 2.07. The molecule has 0 aliphatic carbocycles. The third-order valence-electron chi connectivity index (χ3n) is 2.89. The van der Waals surface area contributed by atoms with Crippen molar-refractivity contribution in [2.75, 3.05) is 0 Å². The lowest BCUT2D eigenvalue weighted by Gasteiger charge is -2.37. The Bertz CT molecular complexity index is 449. The van der Waals surface area contributed by atoms with Crippen LogP contribution >= 0.6 is 0 Å². The molecule has 1 unspecified atom stereocenters. The number of carbonyl (C=O) groups is 2. The first-order valence-electron chi connectivity index (χ1n) is 5.83. The van der Waals surface area contributed by atoms with E-state index in [4.69, 9.17) is 5.84 Å². The van der Waals surface area contributed by atoms with Crippen molar-refractivity contribution in [3.05, 3.63) is 35.9 Å². The number of hydrogen-bond acceptors (Lipinski definition) is 3. The minimum atomic E-state index is -0.477. The summed E-state index contributed by atoms with van der Waals surface area (Å²) in [7, 11) is 0. The van der Waals surface area contributed by atoms with Crippen molar-refractivity contribution in [3.8, 4) is 0 Å². The van der Waals surface area contributed by atoms with Crippen LogP contribution in [0.5, 0.6) is 0 Å². The van der Waals surface area contributed by atoms with Crippen molar-refractivity contribution in [3.63, 3.8) is 0 Å². The minimum Gasteiger partial charge on any atom is -0.316 e. The fourth-order valence-electron chi connectivity index (χ4n) is 1.85. The zero-order valence-corrected chi connectivity index (χ0v) is 10.2. The molecule has 1 aliphatic heterocycles. The van der Waals surface area contributed by atoms with Crippen LogP contribution in [0.1, 0.15) is 18.9 Å². The zero-order valence-electron chi connectivity index (χ0n) is 10.2. The van der Waals surface area contributed by atoms with Crippen LogP contribution in [0.3, 0.4) is 0 Å². The van der Waals surface area contributed by atoms with Gasteiger partial charge in [0.05, 0.1) is 6.54 Å². The molecule has 1 saturated heterocycles. The molecule has 1 fully saturated rings. The van der Waals surface area contributed by atoms with E-state index < -0.39 is 18.2 Å². The number of hydrazine groups is 1. The smallest absolute Gasteiger partial charge is 0.316 e. The summed E-state index contributed by atoms with van der Waals surface area (Å²) in [5.41, 5.74) is 0.879. The Hall–Kier alpha value is -2.08. The number of amides is 4. The Morgan fingerprint density at radius 1 is 1.28 bits per heavy atom. The number of urea groups is 2. The molecule has 0 bridgehead atoms. The number of carbonyl (C=O) groups excluding carboxylic acids is 2. The lowest BCUT2D eigenvalue weighted by atomic mass is 10.2. The van der Waals surface area contributed by atoms with Gasteiger partial charge in [0.1, 0.15) is 6.17 Å². The predicted octanol–water partition coefficient (Wildman–Crippen LogP) is 1.24. The van der Waals surface area contributed by atoms with E-state index in [2.05, 4.69) is 5.32 Å². The van der Waals surface area contributed by atoms with Crippen LogP contribution in [-0.4, -0.2) is 28.1 Å². The maximum absolute atomic E-state index is 12.0. The van der Waals surface area contributed by atoms with Gasteiger partial charge in [0.2, 0.25) is 0 Å². The molecule has 1 heterocycles. The number of imide groups is 1. The Labute approximate surface area is 105 Å². The third kappa shape index (κ3) is 2.28. The van der Waals surface area contributed by atoms with E-state index in [1.807, 2.05) is 37.3 Å². The summed E-state index contributed by atoms with van der Waals surface area (Å²) in [5, 5.41) is 3.74. The zero-order chi connectivity index (χ0) is 13.1. The number of nitrogens with one attached hydrogen (secondary N) is 1. The normalized spacial score (nSPS) is 20.0. The molecule has 0 spiro atoms. The fourth-order valence-corrected chi connectivity index (χ4v) is 1.85. The molecule has 96 valence electrons. The average molecular weight is 248 g/mol. The van der Waals surface area contributed by atoms with Crippen molar-refractivity contribution in [2.24, 2.45) is 5.84 Å². The Morgan fingerprint density at radius 2 is 1.94 bits per heavy atom. The number of nitrogens with zero attached hydrogens (tertiary/aromatic N) is 2. The summed E-state index contributed by atoms with van der Waals surface area (Å²) in [6.07, 6.45) is 0.143. The third-order valence-corrected chi connectivity index (χ3v) is 2.89. The highest BCUT2D eigenvalue weighted by Crippen LogP contribution is 2.13. The van der Waals surface area contributed by atoms with Gasteiger partial charge in [-0.05, 0) is 12.0 Å². The summed E-state index contributed by atoms with van der Waals surface area (Å²) < 4.78 is 0. The number of nitrogens with two attached hydrogens (primary N) is 1. The van der Waals surface area contributed by atoms with Crippen molar-refractivity contribution >= 4 is 12.1 Å². The van der Waals surface area contributed by atoms with Crippen molar-refractivity contribution in [2.45, 2.75) is 26.1 Å². The predicted molar refractivity (Wildman–Crippen MR) is 66.0 cm³/mol. The standard InChI is InChI=1S/C12H16N4O2/c1-2-10-14-11(17)15(12(18)16(10)13)8-9-6-4-3-5-7-9/h3-7,10H,2,8,13H2,1H3,(H,14,17). The molecule has 1 aromatic carbocycles. The van der Waals surface area contributed by atoms with E-state index in [0.717, 1.165) is 15.5 Å². The van der Waals surface area contributed by atoms with Crippen molar-refractivity contribution < 1.29 is 9.59 Å². The molecular formula is C12H16N4O2. The van der Waals surface area contributed by atoms with Gasteiger partial charge < -0.3 is 5.32 Å². The van der Waals surface area contributed by atoms with E-state index in [1.54, 1.807) is 0 Å². The molecule has 6 heteroatoms. The molecule has 18 heavy (non-hydrogen) atoms. The first-order chi connectivity index (χ1) is 8.63. The van der Waals surface area contributed by atoms with Crippen LogP contribution in [0.15, 0.2) is 30.3 Å².